The molecule has 158 valence electrons. The molecule has 4 nitrogen and oxygen atoms in total. The molecule has 1 N–H and O–H groups in total. The van der Waals surface area contributed by atoms with Gasteiger partial charge in [-0.3, -0.25) is 9.69 Å². The second-order valence-corrected chi connectivity index (χ2v) is 8.46. The summed E-state index contributed by atoms with van der Waals surface area (Å²) in [6.07, 6.45) is 5.59. The number of amides is 1. The molecule has 0 aliphatic carbocycles. The van der Waals surface area contributed by atoms with Crippen LogP contribution in [0.5, 0.6) is 0 Å². The number of nitrogens with zero attached hydrogens (tertiary/aromatic N) is 2. The van der Waals surface area contributed by atoms with E-state index < -0.39 is 0 Å². The van der Waals surface area contributed by atoms with Gasteiger partial charge in [-0.25, -0.2) is 4.39 Å². The SMILES string of the molecule is Cl.Cl.O=C(C1CCCN(Cc2cccc(F)c2)C1)N1CCC2(CCNC2)CC1. The van der Waals surface area contributed by atoms with E-state index in [4.69, 9.17) is 0 Å². The molecule has 1 aromatic rings. The Labute approximate surface area is 180 Å². The molecular formula is C21H32Cl2FN3O. The lowest BCUT2D eigenvalue weighted by molar-refractivity contribution is -0.139. The van der Waals surface area contributed by atoms with Crippen molar-refractivity contribution in [3.05, 3.63) is 35.6 Å². The Hall–Kier alpha value is -0.880. The molecule has 0 aromatic heterocycles. The van der Waals surface area contributed by atoms with Crippen molar-refractivity contribution in [1.82, 2.24) is 15.1 Å². The van der Waals surface area contributed by atoms with E-state index in [1.54, 1.807) is 12.1 Å². The van der Waals surface area contributed by atoms with Gasteiger partial charge in [0.25, 0.3) is 0 Å². The monoisotopic (exact) mass is 431 g/mol. The number of piperidine rings is 2. The van der Waals surface area contributed by atoms with Crippen molar-refractivity contribution in [3.8, 4) is 0 Å². The first-order valence-electron chi connectivity index (χ1n) is 10.1. The van der Waals surface area contributed by atoms with Crippen molar-refractivity contribution in [2.24, 2.45) is 11.3 Å². The second kappa shape index (κ2) is 10.2. The van der Waals surface area contributed by atoms with E-state index >= 15 is 0 Å². The highest BCUT2D eigenvalue weighted by atomic mass is 35.5. The van der Waals surface area contributed by atoms with Crippen molar-refractivity contribution in [2.75, 3.05) is 39.3 Å². The van der Waals surface area contributed by atoms with Crippen LogP contribution in [0.3, 0.4) is 0 Å². The third-order valence-electron chi connectivity index (χ3n) is 6.62. The summed E-state index contributed by atoms with van der Waals surface area (Å²) in [5, 5.41) is 3.49. The molecule has 1 spiro atoms. The maximum Gasteiger partial charge on any atom is 0.226 e. The second-order valence-electron chi connectivity index (χ2n) is 8.46. The largest absolute Gasteiger partial charge is 0.342 e. The van der Waals surface area contributed by atoms with Gasteiger partial charge in [-0.05, 0) is 68.3 Å². The van der Waals surface area contributed by atoms with Crippen molar-refractivity contribution >= 4 is 30.7 Å². The fourth-order valence-corrected chi connectivity index (χ4v) is 4.98. The van der Waals surface area contributed by atoms with Gasteiger partial charge >= 0.3 is 0 Å². The van der Waals surface area contributed by atoms with Crippen molar-refractivity contribution in [2.45, 2.75) is 38.6 Å². The number of carbonyl (C=O) groups is 1. The standard InChI is InChI=1S/C21H30FN3O.2ClH/c22-19-5-1-3-17(13-19)14-24-10-2-4-18(15-24)20(26)25-11-7-21(8-12-25)6-9-23-16-21;;/h1,3,5,13,18,23H,2,4,6-12,14-16H2;2*1H. The summed E-state index contributed by atoms with van der Waals surface area (Å²) in [4.78, 5) is 17.5. The van der Waals surface area contributed by atoms with E-state index in [1.165, 1.54) is 12.5 Å². The van der Waals surface area contributed by atoms with Crippen LogP contribution in [0.15, 0.2) is 24.3 Å². The number of halogens is 3. The molecule has 1 unspecified atom stereocenters. The van der Waals surface area contributed by atoms with Crippen LogP contribution in [0.2, 0.25) is 0 Å². The molecule has 3 fully saturated rings. The molecule has 4 rings (SSSR count). The van der Waals surface area contributed by atoms with Gasteiger partial charge in [0.1, 0.15) is 5.82 Å². The predicted molar refractivity (Wildman–Crippen MR) is 115 cm³/mol. The van der Waals surface area contributed by atoms with Crippen molar-refractivity contribution in [1.29, 1.82) is 0 Å². The summed E-state index contributed by atoms with van der Waals surface area (Å²) in [5.41, 5.74) is 1.44. The van der Waals surface area contributed by atoms with Crippen LogP contribution in [0.25, 0.3) is 0 Å². The molecule has 3 aliphatic heterocycles. The van der Waals surface area contributed by atoms with E-state index in [2.05, 4.69) is 15.1 Å². The minimum absolute atomic E-state index is 0. The molecule has 0 saturated carbocycles. The highest BCUT2D eigenvalue weighted by Gasteiger charge is 2.39. The predicted octanol–water partition coefficient (Wildman–Crippen LogP) is 3.48. The van der Waals surface area contributed by atoms with Crippen molar-refractivity contribution < 1.29 is 9.18 Å². The highest BCUT2D eigenvalue weighted by Crippen LogP contribution is 2.37. The summed E-state index contributed by atoms with van der Waals surface area (Å²) < 4.78 is 13.4. The molecule has 1 atom stereocenters. The molecule has 3 saturated heterocycles. The lowest BCUT2D eigenvalue weighted by Gasteiger charge is -2.41. The van der Waals surface area contributed by atoms with E-state index in [1.807, 2.05) is 6.07 Å². The number of hydrogen-bond donors (Lipinski definition) is 1. The number of nitrogens with one attached hydrogen (secondary N) is 1. The lowest BCUT2D eigenvalue weighted by Crippen LogP contribution is -2.49. The van der Waals surface area contributed by atoms with Gasteiger partial charge in [-0.1, -0.05) is 12.1 Å². The highest BCUT2D eigenvalue weighted by molar-refractivity contribution is 5.85. The average Bonchev–Trinajstić information content (AvgIpc) is 3.10. The Kier molecular flexibility index (Phi) is 8.56. The van der Waals surface area contributed by atoms with Crippen molar-refractivity contribution in [3.63, 3.8) is 0 Å². The number of rotatable bonds is 3. The summed E-state index contributed by atoms with van der Waals surface area (Å²) in [6, 6.07) is 6.81. The number of hydrogen-bond acceptors (Lipinski definition) is 3. The molecule has 1 amide bonds. The van der Waals surface area contributed by atoms with Crippen LogP contribution in [-0.2, 0) is 11.3 Å². The summed E-state index contributed by atoms with van der Waals surface area (Å²) in [7, 11) is 0. The van der Waals surface area contributed by atoms with Gasteiger partial charge in [-0.15, -0.1) is 24.8 Å². The van der Waals surface area contributed by atoms with Crippen LogP contribution >= 0.6 is 24.8 Å². The third-order valence-corrected chi connectivity index (χ3v) is 6.62. The quantitative estimate of drug-likeness (QED) is 0.795. The zero-order valence-electron chi connectivity index (χ0n) is 16.4. The summed E-state index contributed by atoms with van der Waals surface area (Å²) >= 11 is 0. The fraction of sp³-hybridized carbons (Fsp3) is 0.667. The van der Waals surface area contributed by atoms with Gasteiger partial charge in [0.05, 0.1) is 5.92 Å². The van der Waals surface area contributed by atoms with Crippen LogP contribution in [0.4, 0.5) is 4.39 Å². The zero-order chi connectivity index (χ0) is 18.0. The minimum Gasteiger partial charge on any atom is -0.342 e. The van der Waals surface area contributed by atoms with Crippen LogP contribution in [0.1, 0.15) is 37.7 Å². The van der Waals surface area contributed by atoms with Gasteiger partial charge in [0.15, 0.2) is 0 Å². The minimum atomic E-state index is -0.184. The average molecular weight is 432 g/mol. The van der Waals surface area contributed by atoms with Gasteiger partial charge in [-0.2, -0.15) is 0 Å². The summed E-state index contributed by atoms with van der Waals surface area (Å²) in [5.74, 6) is 0.263. The number of likely N-dealkylation sites (tertiary alicyclic amines) is 2. The molecule has 7 heteroatoms. The maximum atomic E-state index is 13.4. The van der Waals surface area contributed by atoms with E-state index in [-0.39, 0.29) is 36.5 Å². The van der Waals surface area contributed by atoms with Crippen LogP contribution < -0.4 is 5.32 Å². The fourth-order valence-electron chi connectivity index (χ4n) is 4.98. The first-order valence-corrected chi connectivity index (χ1v) is 10.1. The topological polar surface area (TPSA) is 35.6 Å². The van der Waals surface area contributed by atoms with Gasteiger partial charge in [0, 0.05) is 32.7 Å². The molecule has 3 heterocycles. The first-order chi connectivity index (χ1) is 12.6. The molecular weight excluding hydrogens is 400 g/mol. The van der Waals surface area contributed by atoms with Gasteiger partial charge < -0.3 is 10.2 Å². The molecule has 0 radical (unpaired) electrons. The lowest BCUT2D eigenvalue weighted by atomic mass is 9.77. The van der Waals surface area contributed by atoms with Crippen LogP contribution in [-0.4, -0.2) is 55.0 Å². The smallest absolute Gasteiger partial charge is 0.226 e. The Bertz CT molecular complexity index is 644. The zero-order valence-corrected chi connectivity index (χ0v) is 18.0. The van der Waals surface area contributed by atoms with E-state index in [0.717, 1.165) is 77.1 Å². The molecule has 28 heavy (non-hydrogen) atoms. The Morgan fingerprint density at radius 3 is 2.64 bits per heavy atom. The molecule has 1 aromatic carbocycles. The van der Waals surface area contributed by atoms with E-state index in [0.29, 0.717) is 11.3 Å². The number of benzene rings is 1. The van der Waals surface area contributed by atoms with Gasteiger partial charge in [0.2, 0.25) is 5.91 Å². The number of carbonyl (C=O) groups excluding carboxylic acids is 1. The molecule has 3 aliphatic rings. The van der Waals surface area contributed by atoms with E-state index in [9.17, 15) is 9.18 Å². The normalized spacial score (nSPS) is 24.5. The summed E-state index contributed by atoms with van der Waals surface area (Å²) in [6.45, 7) is 6.62. The third kappa shape index (κ3) is 5.38. The Balaban J connectivity index is 0.00000140. The Morgan fingerprint density at radius 1 is 1.18 bits per heavy atom. The molecule has 0 bridgehead atoms. The maximum absolute atomic E-state index is 13.4. The Morgan fingerprint density at radius 2 is 1.96 bits per heavy atom. The first kappa shape index (κ1) is 23.4. The van der Waals surface area contributed by atoms with Crippen LogP contribution in [0, 0.1) is 17.2 Å².